The first-order valence-corrected chi connectivity index (χ1v) is 4.67. The molecule has 0 aromatic rings. The number of aliphatic carboxylic acids is 1. The van der Waals surface area contributed by atoms with Crippen LogP contribution < -0.4 is 5.32 Å². The van der Waals surface area contributed by atoms with Crippen molar-refractivity contribution < 1.29 is 9.90 Å². The fourth-order valence-electron chi connectivity index (χ4n) is 1.95. The lowest BCUT2D eigenvalue weighted by Gasteiger charge is -2.16. The summed E-state index contributed by atoms with van der Waals surface area (Å²) in [6.45, 7) is 8.70. The molecule has 1 rings (SSSR count). The summed E-state index contributed by atoms with van der Waals surface area (Å²) in [5.74, 6) is -0.382. The van der Waals surface area contributed by atoms with E-state index in [0.29, 0.717) is 11.6 Å². The highest BCUT2D eigenvalue weighted by Gasteiger charge is 2.35. The number of rotatable bonds is 3. The second-order valence-electron chi connectivity index (χ2n) is 4.11. The van der Waals surface area contributed by atoms with Crippen LogP contribution in [-0.2, 0) is 4.79 Å². The van der Waals surface area contributed by atoms with Gasteiger partial charge in [-0.15, -0.1) is 0 Å². The highest BCUT2D eigenvalue weighted by atomic mass is 16.4. The number of hydrogen-bond acceptors (Lipinski definition) is 2. The Balaban J connectivity index is 2.64. The highest BCUT2D eigenvalue weighted by molar-refractivity contribution is 5.74. The zero-order valence-corrected chi connectivity index (χ0v) is 8.21. The average molecular weight is 183 g/mol. The molecule has 0 aliphatic carbocycles. The molecule has 3 nitrogen and oxygen atoms in total. The first kappa shape index (κ1) is 10.1. The third-order valence-corrected chi connectivity index (χ3v) is 2.48. The van der Waals surface area contributed by atoms with Crippen molar-refractivity contribution in [2.24, 2.45) is 17.8 Å². The summed E-state index contributed by atoms with van der Waals surface area (Å²) < 4.78 is 0. The van der Waals surface area contributed by atoms with Crippen LogP contribution >= 0.6 is 0 Å². The number of carboxylic acids is 1. The Morgan fingerprint density at radius 1 is 1.77 bits per heavy atom. The summed E-state index contributed by atoms with van der Waals surface area (Å²) >= 11 is 0. The van der Waals surface area contributed by atoms with Gasteiger partial charge in [0.25, 0.3) is 0 Å². The van der Waals surface area contributed by atoms with Gasteiger partial charge < -0.3 is 10.4 Å². The van der Waals surface area contributed by atoms with E-state index in [1.165, 1.54) is 0 Å². The maximum atomic E-state index is 10.9. The normalized spacial score (nSPS) is 27.8. The van der Waals surface area contributed by atoms with Crippen LogP contribution in [0.2, 0.25) is 0 Å². The molecule has 1 fully saturated rings. The summed E-state index contributed by atoms with van der Waals surface area (Å²) in [7, 11) is 0. The minimum absolute atomic E-state index is 0.213. The maximum absolute atomic E-state index is 10.9. The highest BCUT2D eigenvalue weighted by Crippen LogP contribution is 2.29. The van der Waals surface area contributed by atoms with Gasteiger partial charge in [0.05, 0.1) is 0 Å². The predicted octanol–water partition coefficient (Wildman–Crippen LogP) is 1.47. The molecule has 1 aliphatic rings. The van der Waals surface area contributed by atoms with E-state index in [9.17, 15) is 4.79 Å². The van der Waals surface area contributed by atoms with Gasteiger partial charge in [0.2, 0.25) is 0 Å². The van der Waals surface area contributed by atoms with Crippen molar-refractivity contribution in [2.75, 3.05) is 6.54 Å². The average Bonchev–Trinajstić information content (AvgIpc) is 2.30. The van der Waals surface area contributed by atoms with Crippen molar-refractivity contribution in [1.29, 1.82) is 0 Å². The zero-order valence-electron chi connectivity index (χ0n) is 8.21. The Bertz CT molecular complexity index is 223. The Morgan fingerprint density at radius 2 is 2.38 bits per heavy atom. The Labute approximate surface area is 78.8 Å². The van der Waals surface area contributed by atoms with Crippen molar-refractivity contribution in [3.8, 4) is 0 Å². The van der Waals surface area contributed by atoms with E-state index in [-0.39, 0.29) is 11.8 Å². The molecule has 74 valence electrons. The van der Waals surface area contributed by atoms with Gasteiger partial charge in [-0.2, -0.15) is 0 Å². The van der Waals surface area contributed by atoms with Crippen LogP contribution in [0.15, 0.2) is 12.3 Å². The molecule has 13 heavy (non-hydrogen) atoms. The molecule has 1 saturated heterocycles. The molecule has 2 atom stereocenters. The standard InChI is InChI=1S/C10H17NO2/c1-6(2)4-8-5-11-7(3)9(8)10(12)13/h6,8-9,11H,3-5H2,1-2H3,(H,12,13). The van der Waals surface area contributed by atoms with Crippen LogP contribution in [0.25, 0.3) is 0 Å². The Hall–Kier alpha value is -0.990. The smallest absolute Gasteiger partial charge is 0.312 e. The van der Waals surface area contributed by atoms with Crippen LogP contribution in [0.1, 0.15) is 20.3 Å². The Morgan fingerprint density at radius 3 is 2.85 bits per heavy atom. The molecule has 0 amide bonds. The predicted molar refractivity (Wildman–Crippen MR) is 51.2 cm³/mol. The Kier molecular flexibility index (Phi) is 2.96. The second kappa shape index (κ2) is 3.81. The minimum Gasteiger partial charge on any atom is -0.481 e. The van der Waals surface area contributed by atoms with E-state index in [4.69, 9.17) is 5.11 Å². The summed E-state index contributed by atoms with van der Waals surface area (Å²) in [4.78, 5) is 10.9. The van der Waals surface area contributed by atoms with Crippen LogP contribution in [0.4, 0.5) is 0 Å². The quantitative estimate of drug-likeness (QED) is 0.696. The fraction of sp³-hybridized carbons (Fsp3) is 0.700. The number of nitrogens with one attached hydrogen (secondary N) is 1. The summed E-state index contributed by atoms with van der Waals surface area (Å²) in [6.07, 6.45) is 0.947. The maximum Gasteiger partial charge on any atom is 0.312 e. The monoisotopic (exact) mass is 183 g/mol. The van der Waals surface area contributed by atoms with Gasteiger partial charge in [0, 0.05) is 12.2 Å². The number of hydrogen-bond donors (Lipinski definition) is 2. The van der Waals surface area contributed by atoms with Gasteiger partial charge in [-0.25, -0.2) is 0 Å². The van der Waals surface area contributed by atoms with E-state index < -0.39 is 5.97 Å². The third-order valence-electron chi connectivity index (χ3n) is 2.48. The molecule has 2 unspecified atom stereocenters. The van der Waals surface area contributed by atoms with E-state index in [1.54, 1.807) is 0 Å². The van der Waals surface area contributed by atoms with E-state index in [2.05, 4.69) is 25.7 Å². The van der Waals surface area contributed by atoms with Gasteiger partial charge >= 0.3 is 5.97 Å². The first-order valence-electron chi connectivity index (χ1n) is 4.67. The van der Waals surface area contributed by atoms with Crippen molar-refractivity contribution in [1.82, 2.24) is 5.32 Å². The van der Waals surface area contributed by atoms with Crippen molar-refractivity contribution in [3.05, 3.63) is 12.3 Å². The van der Waals surface area contributed by atoms with E-state index >= 15 is 0 Å². The van der Waals surface area contributed by atoms with Crippen molar-refractivity contribution in [3.63, 3.8) is 0 Å². The molecule has 1 aliphatic heterocycles. The lowest BCUT2D eigenvalue weighted by atomic mass is 9.87. The van der Waals surface area contributed by atoms with Crippen molar-refractivity contribution >= 4 is 5.97 Å². The SMILES string of the molecule is C=C1NCC(CC(C)C)C1C(=O)O. The largest absolute Gasteiger partial charge is 0.481 e. The van der Waals surface area contributed by atoms with Gasteiger partial charge in [-0.05, 0) is 18.3 Å². The number of carbonyl (C=O) groups is 1. The van der Waals surface area contributed by atoms with Crippen LogP contribution in [0, 0.1) is 17.8 Å². The van der Waals surface area contributed by atoms with E-state index in [1.807, 2.05) is 0 Å². The molecule has 0 bridgehead atoms. The van der Waals surface area contributed by atoms with Gasteiger partial charge in [0.1, 0.15) is 5.92 Å². The van der Waals surface area contributed by atoms with Crippen LogP contribution in [-0.4, -0.2) is 17.6 Å². The molecule has 2 N–H and O–H groups in total. The second-order valence-corrected chi connectivity index (χ2v) is 4.11. The topological polar surface area (TPSA) is 49.3 Å². The van der Waals surface area contributed by atoms with E-state index in [0.717, 1.165) is 13.0 Å². The van der Waals surface area contributed by atoms with Gasteiger partial charge in [-0.3, -0.25) is 4.79 Å². The summed E-state index contributed by atoms with van der Waals surface area (Å²) in [5, 5.41) is 12.0. The molecule has 0 saturated carbocycles. The lowest BCUT2D eigenvalue weighted by Crippen LogP contribution is -2.22. The summed E-state index contributed by atoms with van der Waals surface area (Å²) in [6, 6.07) is 0. The number of carboxylic acid groups (broad SMARTS) is 1. The zero-order chi connectivity index (χ0) is 10.0. The molecule has 0 radical (unpaired) electrons. The molecular formula is C10H17NO2. The molecule has 3 heteroatoms. The molecule has 0 spiro atoms. The molecule has 0 aromatic heterocycles. The molecule has 0 aromatic carbocycles. The minimum atomic E-state index is -0.749. The lowest BCUT2D eigenvalue weighted by molar-refractivity contribution is -0.141. The van der Waals surface area contributed by atoms with Crippen molar-refractivity contribution in [2.45, 2.75) is 20.3 Å². The van der Waals surface area contributed by atoms with Crippen LogP contribution in [0.3, 0.4) is 0 Å². The summed E-state index contributed by atoms with van der Waals surface area (Å²) in [5.41, 5.74) is 0.665. The van der Waals surface area contributed by atoms with Gasteiger partial charge in [0.15, 0.2) is 0 Å². The third kappa shape index (κ3) is 2.23. The van der Waals surface area contributed by atoms with Crippen LogP contribution in [0.5, 0.6) is 0 Å². The van der Waals surface area contributed by atoms with Gasteiger partial charge in [-0.1, -0.05) is 20.4 Å². The fourth-order valence-corrected chi connectivity index (χ4v) is 1.95. The first-order chi connectivity index (χ1) is 6.02. The molecular weight excluding hydrogens is 166 g/mol. The molecule has 1 heterocycles.